The fraction of sp³-hybridized carbons (Fsp3) is 0.278. The van der Waals surface area contributed by atoms with Crippen LogP contribution in [0.4, 0.5) is 17.6 Å². The van der Waals surface area contributed by atoms with E-state index in [0.29, 0.717) is 30.5 Å². The molecule has 0 aromatic heterocycles. The van der Waals surface area contributed by atoms with Gasteiger partial charge < -0.3 is 15.8 Å². The molecule has 2 rings (SSSR count). The minimum Gasteiger partial charge on any atom is -0.492 e. The van der Waals surface area contributed by atoms with Gasteiger partial charge in [-0.25, -0.2) is 4.39 Å². The average molecular weight is 370 g/mol. The quantitative estimate of drug-likeness (QED) is 0.737. The van der Waals surface area contributed by atoms with Gasteiger partial charge in [0.15, 0.2) is 0 Å². The molecule has 0 unspecified atom stereocenters. The molecule has 0 bridgehead atoms. The summed E-state index contributed by atoms with van der Waals surface area (Å²) in [6, 6.07) is 9.02. The Morgan fingerprint density at radius 2 is 1.88 bits per heavy atom. The van der Waals surface area contributed by atoms with Crippen LogP contribution in [0.3, 0.4) is 0 Å². The van der Waals surface area contributed by atoms with Gasteiger partial charge in [0.1, 0.15) is 18.2 Å². The van der Waals surface area contributed by atoms with E-state index >= 15 is 0 Å². The Hall–Kier alpha value is -2.61. The molecule has 0 aliphatic heterocycles. The Labute approximate surface area is 148 Å². The van der Waals surface area contributed by atoms with E-state index in [1.807, 2.05) is 0 Å². The highest BCUT2D eigenvalue weighted by Crippen LogP contribution is 2.30. The molecular formula is C18H18F4N2O2. The molecule has 0 spiro atoms. The van der Waals surface area contributed by atoms with Gasteiger partial charge in [-0.05, 0) is 41.5 Å². The van der Waals surface area contributed by atoms with E-state index in [0.717, 1.165) is 12.1 Å². The predicted octanol–water partition coefficient (Wildman–Crippen LogP) is 3.04. The zero-order chi connectivity index (χ0) is 19.2. The van der Waals surface area contributed by atoms with Crippen molar-refractivity contribution in [3.8, 4) is 5.75 Å². The highest BCUT2D eigenvalue weighted by Gasteiger charge is 2.31. The van der Waals surface area contributed by atoms with Gasteiger partial charge in [-0.15, -0.1) is 0 Å². The predicted molar refractivity (Wildman–Crippen MR) is 87.9 cm³/mol. The molecular weight excluding hydrogens is 352 g/mol. The van der Waals surface area contributed by atoms with Crippen LogP contribution in [0.5, 0.6) is 5.75 Å². The largest absolute Gasteiger partial charge is 0.492 e. The summed E-state index contributed by atoms with van der Waals surface area (Å²) in [5, 5.41) is 2.48. The molecule has 0 saturated carbocycles. The van der Waals surface area contributed by atoms with E-state index in [4.69, 9.17) is 10.5 Å². The van der Waals surface area contributed by atoms with Crippen molar-refractivity contribution in [2.75, 3.05) is 13.2 Å². The maximum absolute atomic E-state index is 13.3. The number of hydrogen-bond acceptors (Lipinski definition) is 3. The molecule has 0 fully saturated rings. The number of nitrogens with one attached hydrogen (secondary N) is 1. The summed E-state index contributed by atoms with van der Waals surface area (Å²) in [5.41, 5.74) is 4.97. The van der Waals surface area contributed by atoms with Crippen LogP contribution >= 0.6 is 0 Å². The zero-order valence-electron chi connectivity index (χ0n) is 13.8. The number of carbonyl (C=O) groups is 1. The molecule has 0 aliphatic carbocycles. The molecule has 1 amide bonds. The van der Waals surface area contributed by atoms with Gasteiger partial charge in [0.05, 0.1) is 12.0 Å². The third-order valence-electron chi connectivity index (χ3n) is 3.42. The third kappa shape index (κ3) is 6.03. The van der Waals surface area contributed by atoms with E-state index in [1.54, 1.807) is 24.3 Å². The maximum Gasteiger partial charge on any atom is 0.416 e. The van der Waals surface area contributed by atoms with Gasteiger partial charge in [0, 0.05) is 13.1 Å². The lowest BCUT2D eigenvalue weighted by Gasteiger charge is -2.11. The van der Waals surface area contributed by atoms with Crippen LogP contribution in [0.1, 0.15) is 16.7 Å². The van der Waals surface area contributed by atoms with Crippen LogP contribution in [0.2, 0.25) is 0 Å². The van der Waals surface area contributed by atoms with Crippen molar-refractivity contribution < 1.29 is 27.1 Å². The fourth-order valence-electron chi connectivity index (χ4n) is 2.29. The van der Waals surface area contributed by atoms with Crippen molar-refractivity contribution in [1.29, 1.82) is 0 Å². The molecule has 2 aromatic carbocycles. The van der Waals surface area contributed by atoms with E-state index < -0.39 is 23.5 Å². The highest BCUT2D eigenvalue weighted by molar-refractivity contribution is 5.78. The maximum atomic E-state index is 13.3. The standard InChI is InChI=1S/C18H18F4N2O2/c19-15-7-13(6-14(10-15)18(20,21)22)11-24-17(25)9-12-2-1-3-16(8-12)26-5-4-23/h1-3,6-8,10H,4-5,9,11,23H2,(H,24,25). The zero-order valence-corrected chi connectivity index (χ0v) is 13.8. The summed E-state index contributed by atoms with van der Waals surface area (Å²) in [5.74, 6) is -0.840. The second-order valence-corrected chi connectivity index (χ2v) is 5.58. The van der Waals surface area contributed by atoms with Crippen molar-refractivity contribution in [2.45, 2.75) is 19.1 Å². The molecule has 3 N–H and O–H groups in total. The van der Waals surface area contributed by atoms with Gasteiger partial charge in [0.2, 0.25) is 5.91 Å². The van der Waals surface area contributed by atoms with Crippen LogP contribution in [-0.4, -0.2) is 19.1 Å². The van der Waals surface area contributed by atoms with Crippen LogP contribution in [0.25, 0.3) is 0 Å². The Bertz CT molecular complexity index is 763. The molecule has 0 aliphatic rings. The number of ether oxygens (including phenoxy) is 1. The molecule has 2 aromatic rings. The van der Waals surface area contributed by atoms with Gasteiger partial charge in [-0.3, -0.25) is 4.79 Å². The average Bonchev–Trinajstić information content (AvgIpc) is 2.57. The second kappa shape index (κ2) is 8.66. The second-order valence-electron chi connectivity index (χ2n) is 5.58. The lowest BCUT2D eigenvalue weighted by atomic mass is 10.1. The molecule has 0 heterocycles. The molecule has 26 heavy (non-hydrogen) atoms. The van der Waals surface area contributed by atoms with E-state index in [-0.39, 0.29) is 18.5 Å². The summed E-state index contributed by atoms with van der Waals surface area (Å²) in [7, 11) is 0. The van der Waals surface area contributed by atoms with Crippen molar-refractivity contribution in [2.24, 2.45) is 5.73 Å². The van der Waals surface area contributed by atoms with Gasteiger partial charge in [0.25, 0.3) is 0 Å². The van der Waals surface area contributed by atoms with Crippen molar-refractivity contribution in [3.05, 3.63) is 65.0 Å². The first-order valence-electron chi connectivity index (χ1n) is 7.83. The van der Waals surface area contributed by atoms with Gasteiger partial charge >= 0.3 is 6.18 Å². The van der Waals surface area contributed by atoms with Crippen LogP contribution in [0, 0.1) is 5.82 Å². The lowest BCUT2D eigenvalue weighted by molar-refractivity contribution is -0.137. The number of alkyl halides is 3. The van der Waals surface area contributed by atoms with Crippen LogP contribution in [-0.2, 0) is 23.9 Å². The molecule has 140 valence electrons. The van der Waals surface area contributed by atoms with E-state index in [2.05, 4.69) is 5.32 Å². The van der Waals surface area contributed by atoms with Crippen molar-refractivity contribution in [1.82, 2.24) is 5.32 Å². The third-order valence-corrected chi connectivity index (χ3v) is 3.42. The summed E-state index contributed by atoms with van der Waals surface area (Å²) in [6.07, 6.45) is -4.63. The number of nitrogens with two attached hydrogens (primary N) is 1. The van der Waals surface area contributed by atoms with Gasteiger partial charge in [-0.1, -0.05) is 12.1 Å². The molecule has 0 saturated heterocycles. The first kappa shape index (κ1) is 19.7. The number of carbonyl (C=O) groups excluding carboxylic acids is 1. The van der Waals surface area contributed by atoms with Crippen LogP contribution in [0.15, 0.2) is 42.5 Å². The summed E-state index contributed by atoms with van der Waals surface area (Å²) < 4.78 is 56.8. The molecule has 0 atom stereocenters. The Balaban J connectivity index is 1.96. The SMILES string of the molecule is NCCOc1cccc(CC(=O)NCc2cc(F)cc(C(F)(F)F)c2)c1. The molecule has 4 nitrogen and oxygen atoms in total. The Kier molecular flexibility index (Phi) is 6.57. The smallest absolute Gasteiger partial charge is 0.416 e. The number of halogens is 4. The monoisotopic (exact) mass is 370 g/mol. The number of rotatable bonds is 7. The Morgan fingerprint density at radius 1 is 1.12 bits per heavy atom. The first-order chi connectivity index (χ1) is 12.3. The lowest BCUT2D eigenvalue weighted by Crippen LogP contribution is -2.25. The van der Waals surface area contributed by atoms with Crippen LogP contribution < -0.4 is 15.8 Å². The number of benzene rings is 2. The topological polar surface area (TPSA) is 64.3 Å². The minimum absolute atomic E-state index is 0.0151. The number of hydrogen-bond donors (Lipinski definition) is 2. The minimum atomic E-state index is -4.65. The highest BCUT2D eigenvalue weighted by atomic mass is 19.4. The first-order valence-corrected chi connectivity index (χ1v) is 7.83. The van der Waals surface area contributed by atoms with E-state index in [1.165, 1.54) is 0 Å². The van der Waals surface area contributed by atoms with Crippen molar-refractivity contribution >= 4 is 5.91 Å². The number of amides is 1. The summed E-state index contributed by atoms with van der Waals surface area (Å²) in [6.45, 7) is 0.498. The Morgan fingerprint density at radius 3 is 2.58 bits per heavy atom. The fourth-order valence-corrected chi connectivity index (χ4v) is 2.29. The molecule has 0 radical (unpaired) electrons. The van der Waals surface area contributed by atoms with Crippen molar-refractivity contribution in [3.63, 3.8) is 0 Å². The molecule has 8 heteroatoms. The van der Waals surface area contributed by atoms with Gasteiger partial charge in [-0.2, -0.15) is 13.2 Å². The summed E-state index contributed by atoms with van der Waals surface area (Å²) >= 11 is 0. The van der Waals surface area contributed by atoms with E-state index in [9.17, 15) is 22.4 Å². The summed E-state index contributed by atoms with van der Waals surface area (Å²) in [4.78, 5) is 12.0. The normalized spacial score (nSPS) is 11.3.